The van der Waals surface area contributed by atoms with Crippen molar-refractivity contribution >= 4 is 17.6 Å². The molecule has 5 N–H and O–H groups in total. The summed E-state index contributed by atoms with van der Waals surface area (Å²) in [6, 6.07) is 34.0. The Kier molecular flexibility index (Phi) is 9.79. The largest absolute Gasteiger partial charge is 0.392 e. The number of benzene rings is 4. The fraction of sp³-hybridized carbons (Fsp3) is 0.206. The Morgan fingerprint density at radius 2 is 1.17 bits per heavy atom. The molecular weight excluding hydrogens is 514 g/mol. The molecule has 0 aliphatic carbocycles. The number of hydrogen-bond acceptors (Lipinski definition) is 5. The number of hydrogen-bond donors (Lipinski definition) is 4. The van der Waals surface area contributed by atoms with Gasteiger partial charge in [0.15, 0.2) is 5.78 Å². The van der Waals surface area contributed by atoms with Crippen molar-refractivity contribution < 1.29 is 19.5 Å². The molecule has 210 valence electrons. The van der Waals surface area contributed by atoms with Crippen LogP contribution in [0, 0.1) is 0 Å². The number of amides is 2. The maximum atomic E-state index is 13.9. The van der Waals surface area contributed by atoms with Crippen LogP contribution in [0.25, 0.3) is 0 Å². The average Bonchev–Trinajstić information content (AvgIpc) is 3.01. The van der Waals surface area contributed by atoms with Crippen molar-refractivity contribution in [3.63, 3.8) is 0 Å². The zero-order chi connectivity index (χ0) is 29.2. The maximum absolute atomic E-state index is 13.9. The molecule has 4 aromatic carbocycles. The molecule has 0 bridgehead atoms. The van der Waals surface area contributed by atoms with Crippen molar-refractivity contribution in [1.82, 2.24) is 10.6 Å². The third kappa shape index (κ3) is 7.14. The van der Waals surface area contributed by atoms with Crippen LogP contribution in [0.5, 0.6) is 0 Å². The molecule has 4 rings (SSSR count). The van der Waals surface area contributed by atoms with Gasteiger partial charge in [-0.2, -0.15) is 0 Å². The lowest BCUT2D eigenvalue weighted by molar-refractivity contribution is -0.131. The van der Waals surface area contributed by atoms with E-state index >= 15 is 0 Å². The molecule has 0 fully saturated rings. The summed E-state index contributed by atoms with van der Waals surface area (Å²) < 4.78 is 0. The van der Waals surface area contributed by atoms with Crippen LogP contribution < -0.4 is 16.4 Å². The molecule has 41 heavy (non-hydrogen) atoms. The van der Waals surface area contributed by atoms with Crippen LogP contribution in [0.2, 0.25) is 0 Å². The van der Waals surface area contributed by atoms with Crippen LogP contribution in [0.4, 0.5) is 0 Å². The van der Waals surface area contributed by atoms with E-state index < -0.39 is 29.4 Å². The molecule has 0 saturated heterocycles. The molecule has 2 atom stereocenters. The fourth-order valence-corrected chi connectivity index (χ4v) is 4.86. The summed E-state index contributed by atoms with van der Waals surface area (Å²) in [6.07, 6.45) is -0.273. The number of ketones is 1. The van der Waals surface area contributed by atoms with Gasteiger partial charge in [0.25, 0.3) is 0 Å². The third-order valence-electron chi connectivity index (χ3n) is 7.04. The zero-order valence-electron chi connectivity index (χ0n) is 23.0. The van der Waals surface area contributed by atoms with Crippen LogP contribution in [0.1, 0.15) is 41.2 Å². The second-order valence-corrected chi connectivity index (χ2v) is 10.1. The molecule has 2 amide bonds. The minimum atomic E-state index is -1.09. The molecule has 0 spiro atoms. The lowest BCUT2D eigenvalue weighted by Crippen LogP contribution is -2.52. The van der Waals surface area contributed by atoms with E-state index in [4.69, 9.17) is 5.73 Å². The van der Waals surface area contributed by atoms with E-state index in [-0.39, 0.29) is 25.2 Å². The van der Waals surface area contributed by atoms with Crippen molar-refractivity contribution in [3.8, 4) is 0 Å². The standard InChI is InChI=1S/C34H35N3O4/c1-24(35)33(41)36-30(31(39)21-25-17-19-26(23-38)20-18-25)22-32(40)37-34(27-11-5-2-6-12-27,28-13-7-3-8-14-28)29-15-9-4-10-16-29/h2-20,24,30,38H,21-23,35H2,1H3,(H,36,41)(H,37,40)/t24-,30-/m0/s1. The van der Waals surface area contributed by atoms with Crippen molar-refractivity contribution in [1.29, 1.82) is 0 Å². The summed E-state index contributed by atoms with van der Waals surface area (Å²) in [4.78, 5) is 39.9. The SMILES string of the molecule is C[C@H](N)C(=O)N[C@@H](CC(=O)NC(c1ccccc1)(c1ccccc1)c1ccccc1)C(=O)Cc1ccc(CO)cc1. The van der Waals surface area contributed by atoms with Crippen LogP contribution >= 0.6 is 0 Å². The number of rotatable bonds is 12. The Hall–Kier alpha value is -4.59. The number of carbonyl (C=O) groups is 3. The maximum Gasteiger partial charge on any atom is 0.237 e. The first-order chi connectivity index (χ1) is 19.8. The van der Waals surface area contributed by atoms with Crippen molar-refractivity contribution in [2.24, 2.45) is 5.73 Å². The molecule has 7 heteroatoms. The normalized spacial score (nSPS) is 12.7. The van der Waals surface area contributed by atoms with Gasteiger partial charge in [0.1, 0.15) is 5.54 Å². The molecule has 0 heterocycles. The predicted molar refractivity (Wildman–Crippen MR) is 159 cm³/mol. The summed E-state index contributed by atoms with van der Waals surface area (Å²) in [5.41, 5.74) is 8.69. The van der Waals surface area contributed by atoms with Gasteiger partial charge in [0.2, 0.25) is 11.8 Å². The van der Waals surface area contributed by atoms with E-state index in [1.54, 1.807) is 24.3 Å². The molecule has 0 radical (unpaired) electrons. The van der Waals surface area contributed by atoms with Crippen LogP contribution in [-0.4, -0.2) is 34.8 Å². The van der Waals surface area contributed by atoms with Gasteiger partial charge in [0.05, 0.1) is 25.1 Å². The highest BCUT2D eigenvalue weighted by atomic mass is 16.3. The number of carbonyl (C=O) groups excluding carboxylic acids is 3. The van der Waals surface area contributed by atoms with Gasteiger partial charge >= 0.3 is 0 Å². The Bertz CT molecular complexity index is 1340. The van der Waals surface area contributed by atoms with Crippen molar-refractivity contribution in [2.45, 2.75) is 44.0 Å². The average molecular weight is 550 g/mol. The summed E-state index contributed by atoms with van der Waals surface area (Å²) in [5, 5.41) is 15.2. The summed E-state index contributed by atoms with van der Waals surface area (Å²) in [5.74, 6) is -1.26. The van der Waals surface area contributed by atoms with E-state index in [0.29, 0.717) is 5.56 Å². The molecule has 0 aliphatic rings. The first-order valence-corrected chi connectivity index (χ1v) is 13.6. The quantitative estimate of drug-likeness (QED) is 0.201. The number of aliphatic hydroxyl groups is 1. The smallest absolute Gasteiger partial charge is 0.237 e. The molecule has 7 nitrogen and oxygen atoms in total. The molecule has 4 aromatic rings. The lowest BCUT2D eigenvalue weighted by Gasteiger charge is -2.37. The predicted octanol–water partition coefficient (Wildman–Crippen LogP) is 3.62. The van der Waals surface area contributed by atoms with E-state index in [9.17, 15) is 19.5 Å². The van der Waals surface area contributed by atoms with E-state index in [1.165, 1.54) is 6.92 Å². The first-order valence-electron chi connectivity index (χ1n) is 13.6. The highest BCUT2D eigenvalue weighted by Crippen LogP contribution is 2.37. The van der Waals surface area contributed by atoms with Gasteiger partial charge in [-0.05, 0) is 34.7 Å². The zero-order valence-corrected chi connectivity index (χ0v) is 23.0. The van der Waals surface area contributed by atoms with E-state index in [2.05, 4.69) is 10.6 Å². The van der Waals surface area contributed by atoms with Gasteiger partial charge in [-0.25, -0.2) is 0 Å². The van der Waals surface area contributed by atoms with E-state index in [1.807, 2.05) is 91.0 Å². The summed E-state index contributed by atoms with van der Waals surface area (Å²) in [6.45, 7) is 1.42. The van der Waals surface area contributed by atoms with Gasteiger partial charge in [-0.1, -0.05) is 115 Å². The van der Waals surface area contributed by atoms with Crippen LogP contribution in [-0.2, 0) is 33.0 Å². The highest BCUT2D eigenvalue weighted by Gasteiger charge is 2.38. The van der Waals surface area contributed by atoms with Gasteiger partial charge in [-0.15, -0.1) is 0 Å². The first kappa shape index (κ1) is 29.4. The second-order valence-electron chi connectivity index (χ2n) is 10.1. The third-order valence-corrected chi connectivity index (χ3v) is 7.04. The topological polar surface area (TPSA) is 122 Å². The van der Waals surface area contributed by atoms with Gasteiger partial charge in [-0.3, -0.25) is 14.4 Å². The summed E-state index contributed by atoms with van der Waals surface area (Å²) >= 11 is 0. The Labute approximate surface area is 240 Å². The number of nitrogens with one attached hydrogen (secondary N) is 2. The summed E-state index contributed by atoms with van der Waals surface area (Å²) in [7, 11) is 0. The van der Waals surface area contributed by atoms with E-state index in [0.717, 1.165) is 22.3 Å². The Balaban J connectivity index is 1.69. The Morgan fingerprint density at radius 3 is 1.59 bits per heavy atom. The minimum absolute atomic E-state index is 0.00405. The fourth-order valence-electron chi connectivity index (χ4n) is 4.86. The molecule has 0 unspecified atom stereocenters. The lowest BCUT2D eigenvalue weighted by atomic mass is 9.77. The monoisotopic (exact) mass is 549 g/mol. The van der Waals surface area contributed by atoms with Crippen molar-refractivity contribution in [2.75, 3.05) is 0 Å². The molecule has 0 aromatic heterocycles. The minimum Gasteiger partial charge on any atom is -0.392 e. The number of nitrogens with two attached hydrogens (primary N) is 1. The molecular formula is C34H35N3O4. The molecule has 0 saturated carbocycles. The highest BCUT2D eigenvalue weighted by molar-refractivity contribution is 5.95. The second kappa shape index (κ2) is 13.7. The van der Waals surface area contributed by atoms with Crippen LogP contribution in [0.3, 0.4) is 0 Å². The van der Waals surface area contributed by atoms with Crippen LogP contribution in [0.15, 0.2) is 115 Å². The molecule has 0 aliphatic heterocycles. The van der Waals surface area contributed by atoms with Gasteiger partial charge < -0.3 is 21.5 Å². The van der Waals surface area contributed by atoms with Crippen molar-refractivity contribution in [3.05, 3.63) is 143 Å². The van der Waals surface area contributed by atoms with Gasteiger partial charge in [0, 0.05) is 6.42 Å². The Morgan fingerprint density at radius 1 is 0.732 bits per heavy atom. The number of Topliss-reactive ketones (excluding diaryl/α,β-unsaturated/α-hetero) is 1. The number of aliphatic hydroxyl groups excluding tert-OH is 1.